The molecule has 0 spiro atoms. The molecule has 9 heteroatoms. The van der Waals surface area contributed by atoms with Gasteiger partial charge in [0.15, 0.2) is 0 Å². The number of nitrogens with one attached hydrogen (secondary N) is 1. The number of carbonyl (C=O) groups is 1. The standard InChI is InChI=1S/C16H15ClF3N3O2/c1-15(2,25)8-21-13(24)12-7-11(22-14(17)23-12)9-3-5-10(6-4-9)16(18,19)20/h3-7,25H,8H2,1-2H3,(H,21,24). The molecule has 2 rings (SSSR count). The number of benzene rings is 1. The number of aromatic nitrogens is 2. The van der Waals surface area contributed by atoms with Crippen LogP contribution >= 0.6 is 11.6 Å². The lowest BCUT2D eigenvalue weighted by molar-refractivity contribution is -0.137. The summed E-state index contributed by atoms with van der Waals surface area (Å²) in [4.78, 5) is 19.8. The zero-order chi connectivity index (χ0) is 18.8. The monoisotopic (exact) mass is 373 g/mol. The minimum Gasteiger partial charge on any atom is -0.389 e. The van der Waals surface area contributed by atoms with Crippen molar-refractivity contribution in [2.24, 2.45) is 0 Å². The van der Waals surface area contributed by atoms with Crippen molar-refractivity contribution in [2.75, 3.05) is 6.54 Å². The van der Waals surface area contributed by atoms with E-state index in [1.54, 1.807) is 0 Å². The van der Waals surface area contributed by atoms with Crippen LogP contribution in [0.4, 0.5) is 13.2 Å². The fourth-order valence-corrected chi connectivity index (χ4v) is 2.08. The van der Waals surface area contributed by atoms with Crippen molar-refractivity contribution in [1.29, 1.82) is 0 Å². The molecule has 0 bridgehead atoms. The lowest BCUT2D eigenvalue weighted by atomic mass is 10.1. The van der Waals surface area contributed by atoms with Crippen LogP contribution in [0.3, 0.4) is 0 Å². The zero-order valence-corrected chi connectivity index (χ0v) is 14.1. The smallest absolute Gasteiger partial charge is 0.389 e. The molecule has 0 radical (unpaired) electrons. The summed E-state index contributed by atoms with van der Waals surface area (Å²) in [5.74, 6) is -0.584. The van der Waals surface area contributed by atoms with Gasteiger partial charge in [-0.05, 0) is 43.6 Å². The fourth-order valence-electron chi connectivity index (χ4n) is 1.90. The molecule has 0 saturated heterocycles. The van der Waals surface area contributed by atoms with Gasteiger partial charge in [0.05, 0.1) is 16.9 Å². The number of amides is 1. The van der Waals surface area contributed by atoms with Crippen LogP contribution in [-0.4, -0.2) is 33.1 Å². The van der Waals surface area contributed by atoms with Crippen LogP contribution in [0.1, 0.15) is 29.9 Å². The van der Waals surface area contributed by atoms with E-state index in [9.17, 15) is 23.1 Å². The van der Waals surface area contributed by atoms with E-state index in [2.05, 4.69) is 15.3 Å². The quantitative estimate of drug-likeness (QED) is 0.806. The molecule has 0 unspecified atom stereocenters. The molecule has 0 saturated carbocycles. The van der Waals surface area contributed by atoms with Gasteiger partial charge in [0, 0.05) is 12.1 Å². The van der Waals surface area contributed by atoms with Gasteiger partial charge in [0.1, 0.15) is 5.69 Å². The molecule has 1 aromatic carbocycles. The molecule has 0 aliphatic carbocycles. The Morgan fingerprint density at radius 1 is 1.20 bits per heavy atom. The van der Waals surface area contributed by atoms with Gasteiger partial charge >= 0.3 is 6.18 Å². The number of aliphatic hydroxyl groups is 1. The number of halogens is 4. The van der Waals surface area contributed by atoms with Crippen molar-refractivity contribution in [3.63, 3.8) is 0 Å². The second-order valence-corrected chi connectivity index (χ2v) is 6.32. The molecular weight excluding hydrogens is 359 g/mol. The van der Waals surface area contributed by atoms with Crippen LogP contribution in [0.25, 0.3) is 11.3 Å². The third-order valence-corrected chi connectivity index (χ3v) is 3.29. The van der Waals surface area contributed by atoms with Crippen molar-refractivity contribution < 1.29 is 23.1 Å². The molecule has 0 aliphatic heterocycles. The van der Waals surface area contributed by atoms with Crippen molar-refractivity contribution in [1.82, 2.24) is 15.3 Å². The van der Waals surface area contributed by atoms with Gasteiger partial charge in [-0.25, -0.2) is 9.97 Å². The van der Waals surface area contributed by atoms with E-state index in [0.717, 1.165) is 12.1 Å². The Kier molecular flexibility index (Phi) is 5.34. The molecule has 1 aromatic heterocycles. The molecule has 0 aliphatic rings. The summed E-state index contributed by atoms with van der Waals surface area (Å²) in [6, 6.07) is 5.62. The SMILES string of the molecule is CC(C)(O)CNC(=O)c1cc(-c2ccc(C(F)(F)F)cc2)nc(Cl)n1. The Morgan fingerprint density at radius 3 is 2.32 bits per heavy atom. The van der Waals surface area contributed by atoms with Gasteiger partial charge in [-0.2, -0.15) is 13.2 Å². The van der Waals surface area contributed by atoms with E-state index in [-0.39, 0.29) is 23.2 Å². The van der Waals surface area contributed by atoms with Gasteiger partial charge < -0.3 is 10.4 Å². The molecule has 25 heavy (non-hydrogen) atoms. The topological polar surface area (TPSA) is 75.1 Å². The van der Waals surface area contributed by atoms with E-state index >= 15 is 0 Å². The van der Waals surface area contributed by atoms with E-state index in [1.165, 1.54) is 32.0 Å². The molecule has 1 heterocycles. The molecule has 5 nitrogen and oxygen atoms in total. The lowest BCUT2D eigenvalue weighted by Crippen LogP contribution is -2.38. The Labute approximate surface area is 146 Å². The first-order chi connectivity index (χ1) is 11.5. The van der Waals surface area contributed by atoms with Gasteiger partial charge in [-0.3, -0.25) is 4.79 Å². The normalized spacial score (nSPS) is 12.1. The Bertz CT molecular complexity index is 772. The summed E-state index contributed by atoms with van der Waals surface area (Å²) in [6.07, 6.45) is -4.44. The van der Waals surface area contributed by atoms with Crippen LogP contribution in [0, 0.1) is 0 Å². The maximum atomic E-state index is 12.6. The zero-order valence-electron chi connectivity index (χ0n) is 13.4. The number of hydrogen-bond acceptors (Lipinski definition) is 4. The molecular formula is C16H15ClF3N3O2. The fraction of sp³-hybridized carbons (Fsp3) is 0.312. The predicted molar refractivity (Wildman–Crippen MR) is 86.1 cm³/mol. The minimum absolute atomic E-state index is 0.0108. The Morgan fingerprint density at radius 2 is 1.80 bits per heavy atom. The predicted octanol–water partition coefficient (Wildman–Crippen LogP) is 3.32. The van der Waals surface area contributed by atoms with Crippen LogP contribution in [0.15, 0.2) is 30.3 Å². The summed E-state index contributed by atoms with van der Waals surface area (Å²) in [6.45, 7) is 3.03. The third kappa shape index (κ3) is 5.40. The molecule has 2 aromatic rings. The van der Waals surface area contributed by atoms with Crippen molar-refractivity contribution >= 4 is 17.5 Å². The first kappa shape index (κ1) is 19.1. The number of carbonyl (C=O) groups excluding carboxylic acids is 1. The lowest BCUT2D eigenvalue weighted by Gasteiger charge is -2.17. The van der Waals surface area contributed by atoms with E-state index in [1.807, 2.05) is 0 Å². The molecule has 0 fully saturated rings. The van der Waals surface area contributed by atoms with Crippen molar-refractivity contribution in [3.05, 3.63) is 46.9 Å². The van der Waals surface area contributed by atoms with Gasteiger partial charge in [-0.15, -0.1) is 0 Å². The first-order valence-corrected chi connectivity index (χ1v) is 7.56. The van der Waals surface area contributed by atoms with Gasteiger partial charge in [-0.1, -0.05) is 12.1 Å². The summed E-state index contributed by atoms with van der Waals surface area (Å²) >= 11 is 5.81. The van der Waals surface area contributed by atoms with Gasteiger partial charge in [0.25, 0.3) is 5.91 Å². The molecule has 1 amide bonds. The highest BCUT2D eigenvalue weighted by molar-refractivity contribution is 6.28. The second-order valence-electron chi connectivity index (χ2n) is 5.98. The van der Waals surface area contributed by atoms with Gasteiger partial charge in [0.2, 0.25) is 5.28 Å². The first-order valence-electron chi connectivity index (χ1n) is 7.18. The van der Waals surface area contributed by atoms with E-state index < -0.39 is 23.2 Å². The second kappa shape index (κ2) is 6.97. The maximum Gasteiger partial charge on any atom is 0.416 e. The number of hydrogen-bond donors (Lipinski definition) is 2. The van der Waals surface area contributed by atoms with Crippen LogP contribution in [-0.2, 0) is 6.18 Å². The maximum absolute atomic E-state index is 12.6. The number of rotatable bonds is 4. The van der Waals surface area contributed by atoms with Crippen LogP contribution < -0.4 is 5.32 Å². The summed E-state index contributed by atoms with van der Waals surface area (Å²) in [5, 5.41) is 11.9. The average Bonchev–Trinajstić information content (AvgIpc) is 2.50. The third-order valence-electron chi connectivity index (χ3n) is 3.12. The summed E-state index contributed by atoms with van der Waals surface area (Å²) in [7, 11) is 0. The minimum atomic E-state index is -4.44. The highest BCUT2D eigenvalue weighted by atomic mass is 35.5. The highest BCUT2D eigenvalue weighted by Gasteiger charge is 2.30. The van der Waals surface area contributed by atoms with Crippen LogP contribution in [0.5, 0.6) is 0 Å². The Hall–Kier alpha value is -2.19. The summed E-state index contributed by atoms with van der Waals surface area (Å²) < 4.78 is 37.9. The van der Waals surface area contributed by atoms with Crippen molar-refractivity contribution in [2.45, 2.75) is 25.6 Å². The number of nitrogens with zero attached hydrogens (tertiary/aromatic N) is 2. The van der Waals surface area contributed by atoms with E-state index in [4.69, 9.17) is 11.6 Å². The average molecular weight is 374 g/mol. The summed E-state index contributed by atoms with van der Waals surface area (Å²) in [5.41, 5.74) is -1.39. The largest absolute Gasteiger partial charge is 0.416 e. The molecule has 0 atom stereocenters. The van der Waals surface area contributed by atoms with Crippen LogP contribution in [0.2, 0.25) is 5.28 Å². The highest BCUT2D eigenvalue weighted by Crippen LogP contribution is 2.30. The van der Waals surface area contributed by atoms with Crippen molar-refractivity contribution in [3.8, 4) is 11.3 Å². The Balaban J connectivity index is 2.28. The van der Waals surface area contributed by atoms with E-state index in [0.29, 0.717) is 5.56 Å². The molecule has 2 N–H and O–H groups in total. The number of alkyl halides is 3. The molecule has 134 valence electrons.